The van der Waals surface area contributed by atoms with Crippen molar-refractivity contribution in [2.24, 2.45) is 0 Å². The van der Waals surface area contributed by atoms with Crippen LogP contribution in [0.3, 0.4) is 0 Å². The van der Waals surface area contributed by atoms with Crippen LogP contribution in [0.2, 0.25) is 0 Å². The normalized spacial score (nSPS) is 10.8. The predicted molar refractivity (Wildman–Crippen MR) is 103 cm³/mol. The molecule has 0 aliphatic carbocycles. The van der Waals surface area contributed by atoms with Crippen molar-refractivity contribution in [1.82, 2.24) is 4.98 Å². The number of amides is 1. The first-order valence-corrected chi connectivity index (χ1v) is 8.46. The molecule has 0 unspecified atom stereocenters. The minimum Gasteiger partial charge on any atom is -0.497 e. The first kappa shape index (κ1) is 16.7. The summed E-state index contributed by atoms with van der Waals surface area (Å²) in [6, 6.07) is 14.9. The highest BCUT2D eigenvalue weighted by atomic mass is 32.1. The minimum atomic E-state index is -0.229. The summed E-state index contributed by atoms with van der Waals surface area (Å²) in [5.41, 5.74) is 9.01. The van der Waals surface area contributed by atoms with Crippen LogP contribution in [0.4, 0.5) is 10.8 Å². The predicted octanol–water partition coefficient (Wildman–Crippen LogP) is 4.05. The molecule has 126 valence electrons. The molecule has 25 heavy (non-hydrogen) atoms. The molecule has 1 aromatic heterocycles. The Morgan fingerprint density at radius 2 is 1.88 bits per heavy atom. The van der Waals surface area contributed by atoms with E-state index < -0.39 is 0 Å². The van der Waals surface area contributed by atoms with Gasteiger partial charge in [-0.1, -0.05) is 12.1 Å². The number of thiazole rings is 1. The Morgan fingerprint density at radius 1 is 1.16 bits per heavy atom. The van der Waals surface area contributed by atoms with Gasteiger partial charge in [0.05, 0.1) is 12.8 Å². The lowest BCUT2D eigenvalue weighted by atomic mass is 10.2. The van der Waals surface area contributed by atoms with Crippen molar-refractivity contribution in [2.45, 2.75) is 0 Å². The Balaban J connectivity index is 1.64. The molecule has 0 aliphatic heterocycles. The third-order valence-electron chi connectivity index (χ3n) is 3.48. The van der Waals surface area contributed by atoms with Gasteiger partial charge in [0.2, 0.25) is 5.91 Å². The second kappa shape index (κ2) is 7.63. The van der Waals surface area contributed by atoms with Gasteiger partial charge in [-0.25, -0.2) is 4.98 Å². The summed E-state index contributed by atoms with van der Waals surface area (Å²) in [4.78, 5) is 16.4. The molecule has 0 saturated carbocycles. The average molecular weight is 351 g/mol. The Kier molecular flexibility index (Phi) is 5.11. The number of nitrogen functional groups attached to an aromatic ring is 1. The number of methoxy groups -OCH3 is 1. The van der Waals surface area contributed by atoms with Crippen molar-refractivity contribution < 1.29 is 9.53 Å². The van der Waals surface area contributed by atoms with Gasteiger partial charge in [-0.05, 0) is 48.0 Å². The van der Waals surface area contributed by atoms with Gasteiger partial charge in [-0.15, -0.1) is 11.3 Å². The fourth-order valence-corrected chi connectivity index (χ4v) is 2.87. The van der Waals surface area contributed by atoms with Crippen LogP contribution < -0.4 is 15.8 Å². The van der Waals surface area contributed by atoms with Crippen molar-refractivity contribution in [3.8, 4) is 17.0 Å². The Labute approximate surface area is 149 Å². The van der Waals surface area contributed by atoms with E-state index in [-0.39, 0.29) is 5.91 Å². The Hall–Kier alpha value is -3.12. The second-order valence-electron chi connectivity index (χ2n) is 5.26. The van der Waals surface area contributed by atoms with Crippen LogP contribution in [0.1, 0.15) is 5.56 Å². The highest BCUT2D eigenvalue weighted by Crippen LogP contribution is 2.26. The number of nitrogens with two attached hydrogens (primary N) is 1. The lowest BCUT2D eigenvalue weighted by molar-refractivity contribution is -0.111. The van der Waals surface area contributed by atoms with Crippen molar-refractivity contribution in [3.05, 3.63) is 65.6 Å². The number of rotatable bonds is 5. The largest absolute Gasteiger partial charge is 0.497 e. The third kappa shape index (κ3) is 4.45. The SMILES string of the molecule is COc1ccc(-c2csc(NC(=O)/C=C\c3ccc(N)cc3)n2)cc1. The number of nitrogens with zero attached hydrogens (tertiary/aromatic N) is 1. The van der Waals surface area contributed by atoms with Gasteiger partial charge in [0.1, 0.15) is 5.75 Å². The molecule has 0 spiro atoms. The number of aromatic nitrogens is 1. The average Bonchev–Trinajstić information content (AvgIpc) is 3.10. The van der Waals surface area contributed by atoms with Crippen molar-refractivity contribution in [3.63, 3.8) is 0 Å². The Bertz CT molecular complexity index is 884. The van der Waals surface area contributed by atoms with Crippen LogP contribution in [0.5, 0.6) is 5.75 Å². The Morgan fingerprint density at radius 3 is 2.56 bits per heavy atom. The zero-order chi connectivity index (χ0) is 17.6. The van der Waals surface area contributed by atoms with Crippen LogP contribution >= 0.6 is 11.3 Å². The van der Waals surface area contributed by atoms with E-state index >= 15 is 0 Å². The van der Waals surface area contributed by atoms with Crippen LogP contribution in [0.25, 0.3) is 17.3 Å². The lowest BCUT2D eigenvalue weighted by Gasteiger charge is -2.00. The summed E-state index contributed by atoms with van der Waals surface area (Å²) in [5, 5.41) is 5.23. The van der Waals surface area contributed by atoms with Crippen LogP contribution in [0.15, 0.2) is 60.0 Å². The van der Waals surface area contributed by atoms with E-state index in [4.69, 9.17) is 10.5 Å². The van der Waals surface area contributed by atoms with Gasteiger partial charge in [-0.2, -0.15) is 0 Å². The van der Waals surface area contributed by atoms with Crippen LogP contribution in [0, 0.1) is 0 Å². The molecule has 0 aliphatic rings. The summed E-state index contributed by atoms with van der Waals surface area (Å²) in [7, 11) is 1.63. The molecule has 0 saturated heterocycles. The van der Waals surface area contributed by atoms with Crippen molar-refractivity contribution in [1.29, 1.82) is 0 Å². The van der Waals surface area contributed by atoms with E-state index in [1.165, 1.54) is 17.4 Å². The summed E-state index contributed by atoms with van der Waals surface area (Å²) in [5.74, 6) is 0.563. The quantitative estimate of drug-likeness (QED) is 0.537. The number of hydrogen-bond acceptors (Lipinski definition) is 5. The first-order valence-electron chi connectivity index (χ1n) is 7.58. The molecule has 3 rings (SSSR count). The van der Waals surface area contributed by atoms with Crippen molar-refractivity contribution in [2.75, 3.05) is 18.2 Å². The molecule has 1 heterocycles. The van der Waals surface area contributed by atoms with Gasteiger partial charge in [0, 0.05) is 22.7 Å². The van der Waals surface area contributed by atoms with Gasteiger partial charge in [0.15, 0.2) is 5.13 Å². The molecule has 0 bridgehead atoms. The molecular weight excluding hydrogens is 334 g/mol. The maximum Gasteiger partial charge on any atom is 0.250 e. The smallest absolute Gasteiger partial charge is 0.250 e. The van der Waals surface area contributed by atoms with E-state index in [1.54, 1.807) is 25.3 Å². The number of carbonyl (C=O) groups excluding carboxylic acids is 1. The molecule has 0 radical (unpaired) electrons. The monoisotopic (exact) mass is 351 g/mol. The van der Waals surface area contributed by atoms with E-state index in [9.17, 15) is 4.79 Å². The lowest BCUT2D eigenvalue weighted by Crippen LogP contribution is -2.07. The zero-order valence-electron chi connectivity index (χ0n) is 13.6. The van der Waals surface area contributed by atoms with Crippen LogP contribution in [-0.2, 0) is 4.79 Å². The maximum absolute atomic E-state index is 12.0. The summed E-state index contributed by atoms with van der Waals surface area (Å²) in [6.45, 7) is 0. The fourth-order valence-electron chi connectivity index (χ4n) is 2.15. The number of ether oxygens (including phenoxy) is 1. The van der Waals surface area contributed by atoms with E-state index in [2.05, 4.69) is 10.3 Å². The molecule has 6 heteroatoms. The molecular formula is C19H17N3O2S. The number of hydrogen-bond donors (Lipinski definition) is 2. The summed E-state index contributed by atoms with van der Waals surface area (Å²) in [6.07, 6.45) is 3.20. The number of anilines is 2. The van der Waals surface area contributed by atoms with Gasteiger partial charge in [-0.3, -0.25) is 10.1 Å². The van der Waals surface area contributed by atoms with Crippen LogP contribution in [-0.4, -0.2) is 18.0 Å². The fraction of sp³-hybridized carbons (Fsp3) is 0.0526. The maximum atomic E-state index is 12.0. The summed E-state index contributed by atoms with van der Waals surface area (Å²) < 4.78 is 5.14. The zero-order valence-corrected chi connectivity index (χ0v) is 14.4. The molecule has 0 atom stereocenters. The van der Waals surface area contributed by atoms with Gasteiger partial charge >= 0.3 is 0 Å². The number of benzene rings is 2. The number of carbonyl (C=O) groups is 1. The molecule has 2 aromatic carbocycles. The van der Waals surface area contributed by atoms with E-state index in [0.717, 1.165) is 22.6 Å². The third-order valence-corrected chi connectivity index (χ3v) is 4.24. The minimum absolute atomic E-state index is 0.229. The molecule has 1 amide bonds. The van der Waals surface area contributed by atoms with E-state index in [0.29, 0.717) is 10.8 Å². The standard InChI is InChI=1S/C19H17N3O2S/c1-24-16-9-5-14(6-10-16)17-12-25-19(21-17)22-18(23)11-4-13-2-7-15(20)8-3-13/h2-12H,20H2,1H3,(H,21,22,23)/b11-4-. The molecule has 3 aromatic rings. The van der Waals surface area contributed by atoms with Gasteiger partial charge < -0.3 is 10.5 Å². The highest BCUT2D eigenvalue weighted by molar-refractivity contribution is 7.14. The highest BCUT2D eigenvalue weighted by Gasteiger charge is 2.06. The summed E-state index contributed by atoms with van der Waals surface area (Å²) >= 11 is 1.38. The molecule has 0 fully saturated rings. The molecule has 3 N–H and O–H groups in total. The molecule has 5 nitrogen and oxygen atoms in total. The van der Waals surface area contributed by atoms with E-state index in [1.807, 2.05) is 41.8 Å². The number of nitrogens with one attached hydrogen (secondary N) is 1. The first-order chi connectivity index (χ1) is 12.1. The van der Waals surface area contributed by atoms with Gasteiger partial charge in [0.25, 0.3) is 0 Å². The topological polar surface area (TPSA) is 77.2 Å². The van der Waals surface area contributed by atoms with Crippen molar-refractivity contribution >= 4 is 34.1 Å². The second-order valence-corrected chi connectivity index (χ2v) is 6.11.